The summed E-state index contributed by atoms with van der Waals surface area (Å²) in [6, 6.07) is 4.24. The highest BCUT2D eigenvalue weighted by molar-refractivity contribution is 7.09. The van der Waals surface area contributed by atoms with Gasteiger partial charge in [0.15, 0.2) is 0 Å². The number of aliphatic hydroxyl groups is 1. The first-order chi connectivity index (χ1) is 8.55. The van der Waals surface area contributed by atoms with Gasteiger partial charge < -0.3 is 10.4 Å². The summed E-state index contributed by atoms with van der Waals surface area (Å²) in [5.74, 6) is 0. The standard InChI is InChI=1S/C15H25NOS/c1-14(2)6-4-7-15(12-17,9-8-14)16-11-13-5-3-10-18-13/h3,5,10,16-17H,4,6-9,11-12H2,1-2H3. The highest BCUT2D eigenvalue weighted by atomic mass is 32.1. The largest absolute Gasteiger partial charge is 0.394 e. The molecule has 0 aromatic carbocycles. The van der Waals surface area contributed by atoms with Gasteiger partial charge in [0.2, 0.25) is 0 Å². The van der Waals surface area contributed by atoms with Crippen molar-refractivity contribution in [3.05, 3.63) is 22.4 Å². The van der Waals surface area contributed by atoms with E-state index in [9.17, 15) is 5.11 Å². The minimum absolute atomic E-state index is 0.0578. The lowest BCUT2D eigenvalue weighted by Crippen LogP contribution is -2.47. The second-order valence-corrected chi connectivity index (χ2v) is 7.42. The molecule has 18 heavy (non-hydrogen) atoms. The molecule has 1 aromatic rings. The summed E-state index contributed by atoms with van der Waals surface area (Å²) < 4.78 is 0. The van der Waals surface area contributed by atoms with Crippen molar-refractivity contribution < 1.29 is 5.11 Å². The number of nitrogens with one attached hydrogen (secondary N) is 1. The van der Waals surface area contributed by atoms with Crippen molar-refractivity contribution in [2.45, 2.75) is 58.0 Å². The number of hydrogen-bond acceptors (Lipinski definition) is 3. The monoisotopic (exact) mass is 267 g/mol. The van der Waals surface area contributed by atoms with Crippen LogP contribution in [0.4, 0.5) is 0 Å². The van der Waals surface area contributed by atoms with Crippen LogP contribution in [0.3, 0.4) is 0 Å². The second kappa shape index (κ2) is 5.72. The normalized spacial score (nSPS) is 27.9. The Morgan fingerprint density at radius 2 is 2.11 bits per heavy atom. The van der Waals surface area contributed by atoms with Crippen LogP contribution in [0.25, 0.3) is 0 Å². The fraction of sp³-hybridized carbons (Fsp3) is 0.733. The average Bonchev–Trinajstić information content (AvgIpc) is 2.80. The molecular formula is C15H25NOS. The topological polar surface area (TPSA) is 32.3 Å². The van der Waals surface area contributed by atoms with Crippen LogP contribution in [0.1, 0.15) is 50.8 Å². The van der Waals surface area contributed by atoms with Gasteiger partial charge in [-0.1, -0.05) is 26.3 Å². The molecule has 2 nitrogen and oxygen atoms in total. The molecule has 1 saturated carbocycles. The Bertz CT molecular complexity index is 361. The maximum Gasteiger partial charge on any atom is 0.0613 e. The van der Waals surface area contributed by atoms with Crippen LogP contribution in [0.15, 0.2) is 17.5 Å². The first kappa shape index (κ1) is 14.0. The molecule has 0 aliphatic heterocycles. The van der Waals surface area contributed by atoms with Crippen molar-refractivity contribution in [2.24, 2.45) is 5.41 Å². The van der Waals surface area contributed by atoms with Crippen LogP contribution in [0, 0.1) is 5.41 Å². The summed E-state index contributed by atoms with van der Waals surface area (Å²) in [4.78, 5) is 1.35. The van der Waals surface area contributed by atoms with E-state index in [0.717, 1.165) is 19.4 Å². The molecular weight excluding hydrogens is 242 g/mol. The first-order valence-electron chi connectivity index (χ1n) is 6.94. The molecule has 2 rings (SSSR count). The van der Waals surface area contributed by atoms with Gasteiger partial charge in [-0.05, 0) is 42.5 Å². The molecule has 0 bridgehead atoms. The van der Waals surface area contributed by atoms with E-state index < -0.39 is 0 Å². The van der Waals surface area contributed by atoms with Gasteiger partial charge in [0.05, 0.1) is 6.61 Å². The lowest BCUT2D eigenvalue weighted by molar-refractivity contribution is 0.139. The van der Waals surface area contributed by atoms with Gasteiger partial charge in [-0.2, -0.15) is 0 Å². The summed E-state index contributed by atoms with van der Waals surface area (Å²) in [5, 5.41) is 15.5. The zero-order valence-electron chi connectivity index (χ0n) is 11.5. The molecule has 0 saturated heterocycles. The number of hydrogen-bond donors (Lipinski definition) is 2. The summed E-state index contributed by atoms with van der Waals surface area (Å²) in [6.45, 7) is 5.84. The van der Waals surface area contributed by atoms with Gasteiger partial charge in [0.25, 0.3) is 0 Å². The van der Waals surface area contributed by atoms with Crippen LogP contribution >= 0.6 is 11.3 Å². The van der Waals surface area contributed by atoms with E-state index in [1.54, 1.807) is 11.3 Å². The van der Waals surface area contributed by atoms with Gasteiger partial charge in [-0.3, -0.25) is 0 Å². The molecule has 1 atom stereocenters. The number of thiophene rings is 1. The zero-order valence-corrected chi connectivity index (χ0v) is 12.4. The highest BCUT2D eigenvalue weighted by Crippen LogP contribution is 2.38. The zero-order chi connectivity index (χ0) is 13.1. The van der Waals surface area contributed by atoms with Crippen molar-refractivity contribution in [3.8, 4) is 0 Å². The fourth-order valence-corrected chi connectivity index (χ4v) is 3.46. The van der Waals surface area contributed by atoms with Crippen molar-refractivity contribution in [1.29, 1.82) is 0 Å². The number of rotatable bonds is 4. The molecule has 1 unspecified atom stereocenters. The molecule has 1 aliphatic rings. The van der Waals surface area contributed by atoms with Crippen LogP contribution < -0.4 is 5.32 Å². The molecule has 1 aliphatic carbocycles. The molecule has 1 fully saturated rings. The van der Waals surface area contributed by atoms with E-state index in [1.807, 2.05) is 0 Å². The highest BCUT2D eigenvalue weighted by Gasteiger charge is 2.34. The number of aliphatic hydroxyl groups excluding tert-OH is 1. The summed E-state index contributed by atoms with van der Waals surface area (Å²) in [7, 11) is 0. The third kappa shape index (κ3) is 3.56. The summed E-state index contributed by atoms with van der Waals surface area (Å²) >= 11 is 1.78. The van der Waals surface area contributed by atoms with Crippen LogP contribution in [-0.4, -0.2) is 17.3 Å². The predicted molar refractivity (Wildman–Crippen MR) is 77.8 cm³/mol. The van der Waals surface area contributed by atoms with Crippen LogP contribution in [0.2, 0.25) is 0 Å². The van der Waals surface area contributed by atoms with Crippen molar-refractivity contribution >= 4 is 11.3 Å². The van der Waals surface area contributed by atoms with Gasteiger partial charge in [0, 0.05) is 17.0 Å². The van der Waals surface area contributed by atoms with E-state index in [2.05, 4.69) is 36.7 Å². The Labute approximate surface area is 114 Å². The Morgan fingerprint density at radius 1 is 1.28 bits per heavy atom. The van der Waals surface area contributed by atoms with E-state index in [-0.39, 0.29) is 12.1 Å². The van der Waals surface area contributed by atoms with E-state index in [4.69, 9.17) is 0 Å². The molecule has 0 radical (unpaired) electrons. The van der Waals surface area contributed by atoms with Crippen molar-refractivity contribution in [1.82, 2.24) is 5.32 Å². The Morgan fingerprint density at radius 3 is 2.78 bits per heavy atom. The molecule has 3 heteroatoms. The van der Waals surface area contributed by atoms with E-state index >= 15 is 0 Å². The molecule has 1 aromatic heterocycles. The van der Waals surface area contributed by atoms with Gasteiger partial charge >= 0.3 is 0 Å². The quantitative estimate of drug-likeness (QED) is 0.818. The minimum Gasteiger partial charge on any atom is -0.394 e. The van der Waals surface area contributed by atoms with E-state index in [0.29, 0.717) is 5.41 Å². The second-order valence-electron chi connectivity index (χ2n) is 6.39. The molecule has 1 heterocycles. The molecule has 2 N–H and O–H groups in total. The molecule has 0 amide bonds. The third-order valence-corrected chi connectivity index (χ3v) is 5.19. The Hall–Kier alpha value is -0.380. The predicted octanol–water partition coefficient (Wildman–Crippen LogP) is 3.56. The smallest absolute Gasteiger partial charge is 0.0613 e. The maximum atomic E-state index is 9.81. The SMILES string of the molecule is CC1(C)CCCC(CO)(NCc2cccs2)CC1. The van der Waals surface area contributed by atoms with Gasteiger partial charge in [-0.25, -0.2) is 0 Å². The van der Waals surface area contributed by atoms with Gasteiger partial charge in [-0.15, -0.1) is 11.3 Å². The summed E-state index contributed by atoms with van der Waals surface area (Å²) in [5.41, 5.74) is 0.374. The first-order valence-corrected chi connectivity index (χ1v) is 7.82. The molecule has 0 spiro atoms. The maximum absolute atomic E-state index is 9.81. The fourth-order valence-electron chi connectivity index (χ4n) is 2.81. The lowest BCUT2D eigenvalue weighted by atomic mass is 9.83. The van der Waals surface area contributed by atoms with Crippen LogP contribution in [-0.2, 0) is 6.54 Å². The van der Waals surface area contributed by atoms with Crippen molar-refractivity contribution in [3.63, 3.8) is 0 Å². The van der Waals surface area contributed by atoms with Gasteiger partial charge in [0.1, 0.15) is 0 Å². The minimum atomic E-state index is -0.0578. The van der Waals surface area contributed by atoms with E-state index in [1.165, 1.54) is 24.1 Å². The Kier molecular flexibility index (Phi) is 4.46. The summed E-state index contributed by atoms with van der Waals surface area (Å²) in [6.07, 6.45) is 5.87. The van der Waals surface area contributed by atoms with Crippen molar-refractivity contribution in [2.75, 3.05) is 6.61 Å². The van der Waals surface area contributed by atoms with Crippen LogP contribution in [0.5, 0.6) is 0 Å². The Balaban J connectivity index is 1.97. The third-order valence-electron chi connectivity index (χ3n) is 4.31. The average molecular weight is 267 g/mol. The lowest BCUT2D eigenvalue weighted by Gasteiger charge is -2.32. The molecule has 102 valence electrons.